The van der Waals surface area contributed by atoms with Gasteiger partial charge in [0.25, 0.3) is 5.56 Å². The average Bonchev–Trinajstić information content (AvgIpc) is 3.49. The largest absolute Gasteiger partial charge is 0.427 e. The van der Waals surface area contributed by atoms with Crippen LogP contribution in [0.25, 0.3) is 0 Å². The monoisotopic (exact) mass is 420 g/mol. The Hall–Kier alpha value is -3.48. The highest BCUT2D eigenvalue weighted by Crippen LogP contribution is 2.46. The number of halogens is 4. The first-order valence-electron chi connectivity index (χ1n) is 9.06. The van der Waals surface area contributed by atoms with E-state index in [1.807, 2.05) is 5.32 Å². The van der Waals surface area contributed by atoms with Gasteiger partial charge in [-0.05, 0) is 43.2 Å². The summed E-state index contributed by atoms with van der Waals surface area (Å²) in [5.41, 5.74) is 1.08. The molecule has 4 rings (SSSR count). The van der Waals surface area contributed by atoms with E-state index in [-0.39, 0.29) is 17.3 Å². The first-order valence-corrected chi connectivity index (χ1v) is 9.06. The minimum atomic E-state index is -5.01. The predicted octanol–water partition coefficient (Wildman–Crippen LogP) is 2.93. The van der Waals surface area contributed by atoms with Crippen molar-refractivity contribution in [1.82, 2.24) is 9.88 Å². The third-order valence-electron chi connectivity index (χ3n) is 5.00. The summed E-state index contributed by atoms with van der Waals surface area (Å²) in [5.74, 6) is 3.62. The van der Waals surface area contributed by atoms with Crippen molar-refractivity contribution in [3.05, 3.63) is 58.3 Å². The number of alkyl halides is 3. The van der Waals surface area contributed by atoms with Crippen molar-refractivity contribution in [2.45, 2.75) is 31.2 Å². The number of hydrogen-bond donors (Lipinski definition) is 2. The van der Waals surface area contributed by atoms with Crippen LogP contribution in [0.3, 0.4) is 0 Å². The molecular weight excluding hydrogens is 404 g/mol. The van der Waals surface area contributed by atoms with Gasteiger partial charge in [0.2, 0.25) is 5.54 Å². The SMILES string of the molecule is Nc1cccn(CN2C(=O)N[C@](C#CC3CC3)(C(F)(F)F)c3cc(F)ccc32)c1=O. The highest BCUT2D eigenvalue weighted by atomic mass is 19.4. The molecule has 30 heavy (non-hydrogen) atoms. The number of nitrogens with two attached hydrogens (primary N) is 1. The van der Waals surface area contributed by atoms with Crippen molar-refractivity contribution in [2.24, 2.45) is 5.92 Å². The first kappa shape index (κ1) is 19.8. The molecular formula is C20H16F4N4O2. The number of aromatic nitrogens is 1. The molecule has 1 aliphatic heterocycles. The Labute approximate surface area is 168 Å². The fraction of sp³-hybridized carbons (Fsp3) is 0.300. The van der Waals surface area contributed by atoms with E-state index in [9.17, 15) is 27.2 Å². The summed E-state index contributed by atoms with van der Waals surface area (Å²) < 4.78 is 57.6. The Morgan fingerprint density at radius 3 is 2.63 bits per heavy atom. The van der Waals surface area contributed by atoms with Crippen LogP contribution in [0.15, 0.2) is 41.3 Å². The lowest BCUT2D eigenvalue weighted by Gasteiger charge is -2.41. The number of carbonyl (C=O) groups is 1. The van der Waals surface area contributed by atoms with Crippen molar-refractivity contribution in [2.75, 3.05) is 10.6 Å². The summed E-state index contributed by atoms with van der Waals surface area (Å²) >= 11 is 0. The highest BCUT2D eigenvalue weighted by Gasteiger charge is 2.60. The van der Waals surface area contributed by atoms with Crippen LogP contribution in [0, 0.1) is 23.6 Å². The van der Waals surface area contributed by atoms with Crippen LogP contribution in [0.2, 0.25) is 0 Å². The number of anilines is 2. The van der Waals surface area contributed by atoms with Gasteiger partial charge in [0, 0.05) is 17.7 Å². The van der Waals surface area contributed by atoms with Crippen LogP contribution in [0.4, 0.5) is 33.7 Å². The van der Waals surface area contributed by atoms with Crippen LogP contribution in [-0.4, -0.2) is 16.8 Å². The molecule has 1 fully saturated rings. The molecule has 2 amide bonds. The Bertz CT molecular complexity index is 1140. The second-order valence-corrected chi connectivity index (χ2v) is 7.19. The Balaban J connectivity index is 1.87. The number of amides is 2. The number of benzene rings is 1. The van der Waals surface area contributed by atoms with E-state index in [0.717, 1.165) is 21.6 Å². The minimum Gasteiger partial charge on any atom is -0.394 e. The summed E-state index contributed by atoms with van der Waals surface area (Å²) in [6, 6.07) is 4.43. The molecule has 6 nitrogen and oxygen atoms in total. The zero-order chi connectivity index (χ0) is 21.7. The van der Waals surface area contributed by atoms with Crippen molar-refractivity contribution in [3.8, 4) is 11.8 Å². The molecule has 2 aliphatic rings. The van der Waals surface area contributed by atoms with Crippen LogP contribution in [0.1, 0.15) is 18.4 Å². The smallest absolute Gasteiger partial charge is 0.394 e. The Kier molecular flexibility index (Phi) is 4.49. The molecule has 0 radical (unpaired) electrons. The number of hydrogen-bond acceptors (Lipinski definition) is 3. The highest BCUT2D eigenvalue weighted by molar-refractivity contribution is 5.96. The molecule has 1 aromatic heterocycles. The summed E-state index contributed by atoms with van der Waals surface area (Å²) in [6.07, 6.45) is -2.31. The number of nitrogen functional groups attached to an aromatic ring is 1. The van der Waals surface area contributed by atoms with Crippen LogP contribution < -0.4 is 21.5 Å². The summed E-state index contributed by atoms with van der Waals surface area (Å²) in [4.78, 5) is 25.9. The van der Waals surface area contributed by atoms with Crippen molar-refractivity contribution < 1.29 is 22.4 Å². The third-order valence-corrected chi connectivity index (χ3v) is 5.00. The van der Waals surface area contributed by atoms with E-state index in [0.29, 0.717) is 18.9 Å². The average molecular weight is 420 g/mol. The summed E-state index contributed by atoms with van der Waals surface area (Å²) in [5, 5.41) is 1.92. The fourth-order valence-corrected chi connectivity index (χ4v) is 3.24. The standard InChI is InChI=1S/C20H16F4N4O2/c21-13-5-6-16-14(10-13)19(20(22,23)24,8-7-12-3-4-12)26-18(30)28(16)11-27-9-1-2-15(25)17(27)29/h1-2,5-6,9-10,12H,3-4,11,25H2,(H,26,30)/t19-/m0/s1. The molecule has 3 N–H and O–H groups in total. The lowest BCUT2D eigenvalue weighted by atomic mass is 9.85. The van der Waals surface area contributed by atoms with Gasteiger partial charge in [0.05, 0.1) is 11.4 Å². The summed E-state index contributed by atoms with van der Waals surface area (Å²) in [7, 11) is 0. The van der Waals surface area contributed by atoms with E-state index in [1.54, 1.807) is 0 Å². The number of pyridine rings is 1. The molecule has 2 aromatic rings. The van der Waals surface area contributed by atoms with Crippen LogP contribution >= 0.6 is 0 Å². The molecule has 0 unspecified atom stereocenters. The van der Waals surface area contributed by atoms with Gasteiger partial charge in [0.15, 0.2) is 0 Å². The molecule has 0 bridgehead atoms. The second-order valence-electron chi connectivity index (χ2n) is 7.19. The number of rotatable bonds is 2. The normalized spacial score (nSPS) is 20.8. The van der Waals surface area contributed by atoms with E-state index >= 15 is 0 Å². The zero-order valence-corrected chi connectivity index (χ0v) is 15.5. The molecule has 10 heteroatoms. The maximum atomic E-state index is 14.2. The van der Waals surface area contributed by atoms with Gasteiger partial charge in [-0.3, -0.25) is 14.3 Å². The maximum Gasteiger partial charge on any atom is 0.427 e. The van der Waals surface area contributed by atoms with Gasteiger partial charge in [-0.15, -0.1) is 0 Å². The molecule has 1 atom stereocenters. The summed E-state index contributed by atoms with van der Waals surface area (Å²) in [6.45, 7) is -0.418. The molecule has 0 spiro atoms. The lowest BCUT2D eigenvalue weighted by molar-refractivity contribution is -0.179. The van der Waals surface area contributed by atoms with E-state index in [1.165, 1.54) is 18.3 Å². The quantitative estimate of drug-likeness (QED) is 0.579. The predicted molar refractivity (Wildman–Crippen MR) is 101 cm³/mol. The topological polar surface area (TPSA) is 80.4 Å². The Morgan fingerprint density at radius 1 is 1.23 bits per heavy atom. The van der Waals surface area contributed by atoms with Crippen molar-refractivity contribution in [1.29, 1.82) is 0 Å². The Morgan fingerprint density at radius 2 is 1.97 bits per heavy atom. The molecule has 156 valence electrons. The third kappa shape index (κ3) is 3.26. The van der Waals surface area contributed by atoms with Gasteiger partial charge in [-0.25, -0.2) is 9.18 Å². The van der Waals surface area contributed by atoms with Gasteiger partial charge in [-0.2, -0.15) is 13.2 Å². The lowest BCUT2D eigenvalue weighted by Crippen LogP contribution is -2.62. The van der Waals surface area contributed by atoms with Gasteiger partial charge in [-0.1, -0.05) is 11.8 Å². The fourth-order valence-electron chi connectivity index (χ4n) is 3.24. The zero-order valence-electron chi connectivity index (χ0n) is 15.5. The van der Waals surface area contributed by atoms with Crippen LogP contribution in [0.5, 0.6) is 0 Å². The molecule has 1 aliphatic carbocycles. The number of urea groups is 1. The minimum absolute atomic E-state index is 0.0887. The van der Waals surface area contributed by atoms with Gasteiger partial charge < -0.3 is 11.1 Å². The van der Waals surface area contributed by atoms with E-state index in [4.69, 9.17) is 5.73 Å². The maximum absolute atomic E-state index is 14.2. The molecule has 1 saturated carbocycles. The van der Waals surface area contributed by atoms with Gasteiger partial charge >= 0.3 is 12.2 Å². The van der Waals surface area contributed by atoms with E-state index < -0.39 is 41.4 Å². The van der Waals surface area contributed by atoms with E-state index in [2.05, 4.69) is 11.8 Å². The van der Waals surface area contributed by atoms with Crippen molar-refractivity contribution in [3.63, 3.8) is 0 Å². The number of carbonyl (C=O) groups excluding carboxylic acids is 1. The van der Waals surface area contributed by atoms with Crippen molar-refractivity contribution >= 4 is 17.4 Å². The number of nitrogens with one attached hydrogen (secondary N) is 1. The second kappa shape index (κ2) is 6.79. The van der Waals surface area contributed by atoms with Gasteiger partial charge in [0.1, 0.15) is 12.5 Å². The van der Waals surface area contributed by atoms with Crippen LogP contribution in [-0.2, 0) is 12.2 Å². The first-order chi connectivity index (χ1) is 14.1. The number of nitrogens with zero attached hydrogens (tertiary/aromatic N) is 2. The molecule has 1 aromatic carbocycles. The number of fused-ring (bicyclic) bond motifs is 1. The molecule has 0 saturated heterocycles. The molecule has 2 heterocycles.